The Morgan fingerprint density at radius 2 is 2.09 bits per heavy atom. The smallest absolute Gasteiger partial charge is 0.407 e. The molecule has 0 fully saturated rings. The number of amides is 1. The summed E-state index contributed by atoms with van der Waals surface area (Å²) in [5.74, 6) is -0.460. The first-order chi connectivity index (χ1) is 15.9. The second-order valence-electron chi connectivity index (χ2n) is 7.44. The summed E-state index contributed by atoms with van der Waals surface area (Å²) in [5.41, 5.74) is 1.91. The maximum Gasteiger partial charge on any atom is 0.407 e. The van der Waals surface area contributed by atoms with Crippen LogP contribution >= 0.6 is 11.6 Å². The highest BCUT2D eigenvalue weighted by atomic mass is 35.5. The van der Waals surface area contributed by atoms with Gasteiger partial charge in [-0.05, 0) is 51.5 Å². The third-order valence-electron chi connectivity index (χ3n) is 4.59. The van der Waals surface area contributed by atoms with Gasteiger partial charge in [-0.25, -0.2) is 19.2 Å². The molecule has 0 aliphatic heterocycles. The SMILES string of the molecule is [2H]C([2H])(Nc1nccc(-c2cn(C(C)C)nc2-c2cc(Cl)cc(C)c2F)n1)[C@@H](C)NC(=O)OC. The van der Waals surface area contributed by atoms with Crippen LogP contribution in [0.5, 0.6) is 0 Å². The zero-order valence-corrected chi connectivity index (χ0v) is 19.2. The molecule has 0 radical (unpaired) electrons. The summed E-state index contributed by atoms with van der Waals surface area (Å²) in [6, 6.07) is 3.71. The molecular weight excluding hydrogens is 435 g/mol. The predicted molar refractivity (Wildman–Crippen MR) is 122 cm³/mol. The monoisotopic (exact) mass is 462 g/mol. The molecule has 0 aliphatic carbocycles. The van der Waals surface area contributed by atoms with Gasteiger partial charge in [0.25, 0.3) is 0 Å². The highest BCUT2D eigenvalue weighted by Crippen LogP contribution is 2.35. The predicted octanol–water partition coefficient (Wildman–Crippen LogP) is 4.85. The summed E-state index contributed by atoms with van der Waals surface area (Å²) in [6.45, 7) is 4.88. The van der Waals surface area contributed by atoms with E-state index in [2.05, 4.69) is 30.4 Å². The molecule has 0 unspecified atom stereocenters. The second-order valence-corrected chi connectivity index (χ2v) is 7.88. The van der Waals surface area contributed by atoms with Gasteiger partial charge in [0.1, 0.15) is 11.5 Å². The number of ether oxygens (including phenoxy) is 1. The van der Waals surface area contributed by atoms with Gasteiger partial charge in [-0.2, -0.15) is 5.10 Å². The maximum absolute atomic E-state index is 15.1. The van der Waals surface area contributed by atoms with Gasteiger partial charge < -0.3 is 15.4 Å². The summed E-state index contributed by atoms with van der Waals surface area (Å²) in [5, 5.41) is 9.93. The largest absolute Gasteiger partial charge is 0.453 e. The van der Waals surface area contributed by atoms with Gasteiger partial charge in [0.15, 0.2) is 0 Å². The molecule has 1 amide bonds. The van der Waals surface area contributed by atoms with Crippen LogP contribution in [0.25, 0.3) is 22.5 Å². The van der Waals surface area contributed by atoms with E-state index in [0.29, 0.717) is 27.5 Å². The van der Waals surface area contributed by atoms with Crippen molar-refractivity contribution >= 4 is 23.6 Å². The summed E-state index contributed by atoms with van der Waals surface area (Å²) >= 11 is 6.20. The number of aromatic nitrogens is 4. The van der Waals surface area contributed by atoms with Crippen LogP contribution in [-0.2, 0) is 4.74 Å². The number of nitrogens with zero attached hydrogens (tertiary/aromatic N) is 4. The Kier molecular flexibility index (Phi) is 6.43. The number of alkyl carbamates (subject to hydrolysis) is 1. The van der Waals surface area contributed by atoms with Crippen LogP contribution in [0, 0.1) is 12.7 Å². The van der Waals surface area contributed by atoms with Crippen molar-refractivity contribution in [1.82, 2.24) is 25.1 Å². The fourth-order valence-electron chi connectivity index (χ4n) is 2.95. The van der Waals surface area contributed by atoms with Crippen LogP contribution in [0.1, 0.15) is 35.1 Å². The summed E-state index contributed by atoms with van der Waals surface area (Å²) in [4.78, 5) is 20.0. The minimum Gasteiger partial charge on any atom is -0.453 e. The molecule has 1 aromatic carbocycles. The number of aryl methyl sites for hydroxylation is 1. The Morgan fingerprint density at radius 1 is 1.34 bits per heavy atom. The van der Waals surface area contributed by atoms with Gasteiger partial charge in [0.05, 0.1) is 15.5 Å². The van der Waals surface area contributed by atoms with E-state index in [1.54, 1.807) is 23.9 Å². The zero-order chi connectivity index (χ0) is 25.2. The normalized spacial score (nSPS) is 13.4. The molecule has 10 heteroatoms. The number of methoxy groups -OCH3 is 1. The van der Waals surface area contributed by atoms with Gasteiger partial charge in [0, 0.05) is 47.1 Å². The van der Waals surface area contributed by atoms with Crippen LogP contribution in [0.3, 0.4) is 0 Å². The van der Waals surface area contributed by atoms with Crippen LogP contribution < -0.4 is 10.6 Å². The van der Waals surface area contributed by atoms with E-state index in [9.17, 15) is 4.79 Å². The molecule has 0 bridgehead atoms. The molecule has 3 aromatic rings. The number of halogens is 2. The molecule has 0 aliphatic rings. The molecule has 0 spiro atoms. The van der Waals surface area contributed by atoms with Crippen molar-refractivity contribution in [2.75, 3.05) is 18.9 Å². The molecule has 2 aromatic heterocycles. The third kappa shape index (κ3) is 5.34. The molecule has 8 nitrogen and oxygen atoms in total. The summed E-state index contributed by atoms with van der Waals surface area (Å²) in [7, 11) is 1.19. The van der Waals surface area contributed by atoms with Crippen molar-refractivity contribution in [2.24, 2.45) is 0 Å². The van der Waals surface area contributed by atoms with Crippen molar-refractivity contribution < 1.29 is 16.7 Å². The van der Waals surface area contributed by atoms with Crippen molar-refractivity contribution in [3.8, 4) is 22.5 Å². The Labute approximate surface area is 194 Å². The Balaban J connectivity index is 2.03. The first-order valence-electron chi connectivity index (χ1n) is 10.9. The first kappa shape index (κ1) is 20.7. The van der Waals surface area contributed by atoms with Gasteiger partial charge in [-0.3, -0.25) is 4.68 Å². The minimum atomic E-state index is -2.10. The Morgan fingerprint density at radius 3 is 2.78 bits per heavy atom. The lowest BCUT2D eigenvalue weighted by Crippen LogP contribution is -2.37. The van der Waals surface area contributed by atoms with E-state index in [-0.39, 0.29) is 17.6 Å². The standard InChI is InChI=1S/C22H26ClFN6O2/c1-12(2)30-11-17(20(29-30)16-9-15(23)8-13(3)19(16)24)18-6-7-25-21(28-18)26-10-14(4)27-22(31)32-5/h6-9,11-12,14H,10H2,1-5H3,(H,27,31)(H,25,26,28)/t14-/m1/s1/i10D2. The zero-order valence-electron chi connectivity index (χ0n) is 20.4. The first-order valence-corrected chi connectivity index (χ1v) is 10.3. The highest BCUT2D eigenvalue weighted by molar-refractivity contribution is 6.31. The topological polar surface area (TPSA) is 94.0 Å². The third-order valence-corrected chi connectivity index (χ3v) is 4.81. The molecule has 0 saturated carbocycles. The minimum absolute atomic E-state index is 0.00495. The number of benzene rings is 1. The Hall–Kier alpha value is -3.20. The highest BCUT2D eigenvalue weighted by Gasteiger charge is 2.20. The van der Waals surface area contributed by atoms with Crippen LogP contribution in [0.4, 0.5) is 15.1 Å². The lowest BCUT2D eigenvalue weighted by Gasteiger charge is -2.14. The number of hydrogen-bond acceptors (Lipinski definition) is 6. The van der Waals surface area contributed by atoms with Gasteiger partial charge in [0.2, 0.25) is 5.95 Å². The number of carbonyl (C=O) groups is 1. The van der Waals surface area contributed by atoms with Gasteiger partial charge in [-0.1, -0.05) is 11.6 Å². The number of nitrogens with one attached hydrogen (secondary N) is 2. The average Bonchev–Trinajstić information content (AvgIpc) is 3.21. The van der Waals surface area contributed by atoms with Crippen molar-refractivity contribution in [1.29, 1.82) is 0 Å². The molecular formula is C22H26ClFN6O2. The van der Waals surface area contributed by atoms with Crippen molar-refractivity contribution in [3.63, 3.8) is 0 Å². The lowest BCUT2D eigenvalue weighted by atomic mass is 10.0. The molecule has 1 atom stereocenters. The second kappa shape index (κ2) is 9.95. The molecule has 32 heavy (non-hydrogen) atoms. The van der Waals surface area contributed by atoms with Crippen molar-refractivity contribution in [2.45, 2.75) is 39.8 Å². The fourth-order valence-corrected chi connectivity index (χ4v) is 3.23. The molecule has 0 saturated heterocycles. The molecule has 2 heterocycles. The summed E-state index contributed by atoms with van der Waals surface area (Å²) in [6.07, 6.45) is 2.44. The van der Waals surface area contributed by atoms with Crippen molar-refractivity contribution in [3.05, 3.63) is 47.0 Å². The number of hydrogen-bond donors (Lipinski definition) is 2. The molecule has 170 valence electrons. The average molecular weight is 463 g/mol. The number of rotatable bonds is 7. The van der Waals surface area contributed by atoms with E-state index in [0.717, 1.165) is 0 Å². The van der Waals surface area contributed by atoms with E-state index < -0.39 is 24.4 Å². The number of anilines is 1. The van der Waals surface area contributed by atoms with Crippen LogP contribution in [-0.4, -0.2) is 45.5 Å². The van der Waals surface area contributed by atoms with Gasteiger partial charge >= 0.3 is 6.09 Å². The van der Waals surface area contributed by atoms with Crippen LogP contribution in [0.15, 0.2) is 30.6 Å². The fraction of sp³-hybridized carbons (Fsp3) is 0.364. The van der Waals surface area contributed by atoms with E-state index in [1.807, 2.05) is 13.8 Å². The maximum atomic E-state index is 15.1. The van der Waals surface area contributed by atoms with E-state index >= 15 is 4.39 Å². The quantitative estimate of drug-likeness (QED) is 0.521. The number of carbonyl (C=O) groups excluding carboxylic acids is 1. The van der Waals surface area contributed by atoms with E-state index in [1.165, 1.54) is 32.4 Å². The van der Waals surface area contributed by atoms with E-state index in [4.69, 9.17) is 14.3 Å². The lowest BCUT2D eigenvalue weighted by molar-refractivity contribution is 0.168. The summed E-state index contributed by atoms with van der Waals surface area (Å²) < 4.78 is 37.8. The van der Waals surface area contributed by atoms with Crippen LogP contribution in [0.2, 0.25) is 5.02 Å². The molecule has 2 N–H and O–H groups in total. The van der Waals surface area contributed by atoms with Gasteiger partial charge in [-0.15, -0.1) is 0 Å². The Bertz CT molecular complexity index is 1200. The molecule has 3 rings (SSSR count).